The van der Waals surface area contributed by atoms with Crippen molar-refractivity contribution in [2.45, 2.75) is 19.3 Å². The van der Waals surface area contributed by atoms with Crippen LogP contribution in [0.5, 0.6) is 0 Å². The Hall–Kier alpha value is -2.62. The molecule has 2 aromatic carbocycles. The van der Waals surface area contributed by atoms with Gasteiger partial charge in [0, 0.05) is 5.92 Å². The van der Waals surface area contributed by atoms with E-state index in [9.17, 15) is 9.59 Å². The van der Waals surface area contributed by atoms with Gasteiger partial charge in [-0.2, -0.15) is 0 Å². The van der Waals surface area contributed by atoms with Crippen LogP contribution in [0.3, 0.4) is 0 Å². The number of benzene rings is 2. The van der Waals surface area contributed by atoms with Crippen molar-refractivity contribution in [3.05, 3.63) is 58.7 Å². The van der Waals surface area contributed by atoms with Crippen molar-refractivity contribution in [3.8, 4) is 11.1 Å². The molecule has 0 amide bonds. The number of rotatable bonds is 3. The van der Waals surface area contributed by atoms with Crippen molar-refractivity contribution < 1.29 is 19.8 Å². The molecule has 106 valence electrons. The summed E-state index contributed by atoms with van der Waals surface area (Å²) in [5, 5.41) is 18.3. The molecule has 0 aromatic heterocycles. The van der Waals surface area contributed by atoms with E-state index in [-0.39, 0.29) is 17.9 Å². The molecule has 1 aliphatic carbocycles. The van der Waals surface area contributed by atoms with Gasteiger partial charge < -0.3 is 10.2 Å². The van der Waals surface area contributed by atoms with Crippen molar-refractivity contribution in [2.75, 3.05) is 0 Å². The van der Waals surface area contributed by atoms with Crippen molar-refractivity contribution in [1.82, 2.24) is 0 Å². The molecule has 0 spiro atoms. The molecule has 0 saturated heterocycles. The second kappa shape index (κ2) is 4.74. The zero-order valence-corrected chi connectivity index (χ0v) is 11.5. The lowest BCUT2D eigenvalue weighted by molar-refractivity contribution is -0.137. The maximum absolute atomic E-state index is 11.2. The molecule has 4 heteroatoms. The average Bonchev–Trinajstić information content (AvgIpc) is 2.71. The highest BCUT2D eigenvalue weighted by Gasteiger charge is 2.31. The Labute approximate surface area is 121 Å². The second-order valence-electron chi connectivity index (χ2n) is 5.35. The van der Waals surface area contributed by atoms with Gasteiger partial charge in [-0.1, -0.05) is 29.8 Å². The summed E-state index contributed by atoms with van der Waals surface area (Å²) in [6.45, 7) is 1.96. The predicted octanol–water partition coefficient (Wildman–Crippen LogP) is 3.28. The van der Waals surface area contributed by atoms with Crippen LogP contribution in [-0.2, 0) is 4.79 Å². The molecule has 2 N–H and O–H groups in total. The monoisotopic (exact) mass is 282 g/mol. The number of carboxylic acids is 2. The van der Waals surface area contributed by atoms with Gasteiger partial charge >= 0.3 is 11.9 Å². The van der Waals surface area contributed by atoms with Gasteiger partial charge in [-0.3, -0.25) is 4.79 Å². The molecule has 0 saturated carbocycles. The van der Waals surface area contributed by atoms with E-state index in [2.05, 4.69) is 0 Å². The summed E-state index contributed by atoms with van der Waals surface area (Å²) in [5.74, 6) is -2.17. The van der Waals surface area contributed by atoms with Gasteiger partial charge in [0.05, 0.1) is 12.0 Å². The zero-order valence-electron chi connectivity index (χ0n) is 11.5. The Balaban J connectivity index is 2.21. The van der Waals surface area contributed by atoms with Crippen LogP contribution < -0.4 is 0 Å². The Morgan fingerprint density at radius 3 is 2.24 bits per heavy atom. The number of aromatic carboxylic acids is 1. The molecule has 0 fully saturated rings. The zero-order chi connectivity index (χ0) is 15.1. The summed E-state index contributed by atoms with van der Waals surface area (Å²) >= 11 is 0. The molecule has 0 heterocycles. The number of hydrogen-bond donors (Lipinski definition) is 2. The quantitative estimate of drug-likeness (QED) is 0.906. The highest BCUT2D eigenvalue weighted by molar-refractivity contribution is 5.91. The molecule has 0 radical (unpaired) electrons. The summed E-state index contributed by atoms with van der Waals surface area (Å²) in [6.07, 6.45) is -0.0352. The van der Waals surface area contributed by atoms with Gasteiger partial charge in [-0.05, 0) is 41.3 Å². The first-order valence-electron chi connectivity index (χ1n) is 6.67. The Bertz CT molecular complexity index is 761. The summed E-state index contributed by atoms with van der Waals surface area (Å²) in [7, 11) is 0. The lowest BCUT2D eigenvalue weighted by atomic mass is 9.92. The van der Waals surface area contributed by atoms with Crippen molar-refractivity contribution in [1.29, 1.82) is 0 Å². The lowest BCUT2D eigenvalue weighted by Gasteiger charge is -2.11. The third-order valence-electron chi connectivity index (χ3n) is 3.93. The minimum absolute atomic E-state index is 0.0352. The molecule has 2 aromatic rings. The average molecular weight is 282 g/mol. The number of aryl methyl sites for hydroxylation is 1. The standard InChI is InChI=1S/C17H14O4/c1-9-2-4-11-12-5-3-10(17(20)21)7-14(12)15(8-16(18)19)13(11)6-9/h2-7,15H,8H2,1H3,(H,18,19)(H,20,21). The number of aliphatic carboxylic acids is 1. The van der Waals surface area contributed by atoms with Gasteiger partial charge in [-0.25, -0.2) is 4.79 Å². The first-order valence-corrected chi connectivity index (χ1v) is 6.67. The fourth-order valence-electron chi connectivity index (χ4n) is 3.01. The van der Waals surface area contributed by atoms with E-state index in [4.69, 9.17) is 10.2 Å². The van der Waals surface area contributed by atoms with Gasteiger partial charge in [0.15, 0.2) is 0 Å². The van der Waals surface area contributed by atoms with Gasteiger partial charge in [-0.15, -0.1) is 0 Å². The number of hydrogen-bond acceptors (Lipinski definition) is 2. The SMILES string of the molecule is Cc1ccc2c(c1)C(CC(=O)O)c1cc(C(=O)O)ccc1-2. The largest absolute Gasteiger partial charge is 0.481 e. The summed E-state index contributed by atoms with van der Waals surface area (Å²) < 4.78 is 0. The third kappa shape index (κ3) is 2.18. The molecule has 21 heavy (non-hydrogen) atoms. The number of carboxylic acid groups (broad SMARTS) is 2. The normalized spacial score (nSPS) is 15.4. The molecule has 0 aliphatic heterocycles. The van der Waals surface area contributed by atoms with E-state index < -0.39 is 11.9 Å². The van der Waals surface area contributed by atoms with E-state index in [1.54, 1.807) is 18.2 Å². The van der Waals surface area contributed by atoms with Crippen molar-refractivity contribution in [2.24, 2.45) is 0 Å². The predicted molar refractivity (Wildman–Crippen MR) is 77.7 cm³/mol. The van der Waals surface area contributed by atoms with Crippen LogP contribution >= 0.6 is 0 Å². The highest BCUT2D eigenvalue weighted by atomic mass is 16.4. The van der Waals surface area contributed by atoms with Crippen molar-refractivity contribution in [3.63, 3.8) is 0 Å². The summed E-state index contributed by atoms with van der Waals surface area (Å²) in [4.78, 5) is 22.3. The molecular formula is C17H14O4. The van der Waals surface area contributed by atoms with Crippen LogP contribution in [0.4, 0.5) is 0 Å². The fourth-order valence-corrected chi connectivity index (χ4v) is 3.01. The Morgan fingerprint density at radius 2 is 1.62 bits per heavy atom. The maximum atomic E-state index is 11.2. The van der Waals surface area contributed by atoms with Gasteiger partial charge in [0.25, 0.3) is 0 Å². The first kappa shape index (κ1) is 13.4. The molecule has 1 aliphatic rings. The molecule has 4 nitrogen and oxygen atoms in total. The Morgan fingerprint density at radius 1 is 1.00 bits per heavy atom. The molecule has 1 atom stereocenters. The smallest absolute Gasteiger partial charge is 0.335 e. The van der Waals surface area contributed by atoms with E-state index in [1.165, 1.54) is 0 Å². The number of carbonyl (C=O) groups is 2. The fraction of sp³-hybridized carbons (Fsp3) is 0.176. The van der Waals surface area contributed by atoms with Crippen LogP contribution in [0.1, 0.15) is 39.4 Å². The molecule has 1 unspecified atom stereocenters. The lowest BCUT2D eigenvalue weighted by Crippen LogP contribution is -2.06. The van der Waals surface area contributed by atoms with Crippen LogP contribution in [0.2, 0.25) is 0 Å². The van der Waals surface area contributed by atoms with Crippen LogP contribution in [-0.4, -0.2) is 22.2 Å². The highest BCUT2D eigenvalue weighted by Crippen LogP contribution is 2.46. The topological polar surface area (TPSA) is 74.6 Å². The minimum Gasteiger partial charge on any atom is -0.481 e. The van der Waals surface area contributed by atoms with Crippen molar-refractivity contribution >= 4 is 11.9 Å². The maximum Gasteiger partial charge on any atom is 0.335 e. The van der Waals surface area contributed by atoms with E-state index in [0.717, 1.165) is 27.8 Å². The Kier molecular flexibility index (Phi) is 3.01. The van der Waals surface area contributed by atoms with E-state index in [1.807, 2.05) is 25.1 Å². The summed E-state index contributed by atoms with van der Waals surface area (Å²) in [5.41, 5.74) is 4.94. The second-order valence-corrected chi connectivity index (χ2v) is 5.35. The first-order chi connectivity index (χ1) is 9.97. The molecule has 3 rings (SSSR count). The van der Waals surface area contributed by atoms with Crippen LogP contribution in [0, 0.1) is 6.92 Å². The summed E-state index contributed by atoms with van der Waals surface area (Å²) in [6, 6.07) is 10.9. The number of fused-ring (bicyclic) bond motifs is 3. The van der Waals surface area contributed by atoms with E-state index >= 15 is 0 Å². The minimum atomic E-state index is -1.00. The van der Waals surface area contributed by atoms with Crippen LogP contribution in [0.25, 0.3) is 11.1 Å². The van der Waals surface area contributed by atoms with Gasteiger partial charge in [0.1, 0.15) is 0 Å². The van der Waals surface area contributed by atoms with Gasteiger partial charge in [0.2, 0.25) is 0 Å². The van der Waals surface area contributed by atoms with Crippen LogP contribution in [0.15, 0.2) is 36.4 Å². The van der Waals surface area contributed by atoms with E-state index in [0.29, 0.717) is 0 Å². The molecule has 0 bridgehead atoms. The molecular weight excluding hydrogens is 268 g/mol. The third-order valence-corrected chi connectivity index (χ3v) is 3.93.